The van der Waals surface area contributed by atoms with E-state index in [4.69, 9.17) is 11.6 Å². The van der Waals surface area contributed by atoms with Gasteiger partial charge in [-0.25, -0.2) is 4.39 Å². The monoisotopic (exact) mass is 389 g/mol. The lowest BCUT2D eigenvalue weighted by Gasteiger charge is -2.18. The van der Waals surface area contributed by atoms with Crippen LogP contribution in [-0.2, 0) is 6.42 Å². The molecule has 0 aliphatic rings. The molecule has 4 heteroatoms. The molecule has 0 aliphatic heterocycles. The molecule has 0 aliphatic carbocycles. The Morgan fingerprint density at radius 3 is 2.68 bits per heavy atom. The minimum atomic E-state index is -0.203. The molecule has 0 radical (unpaired) electrons. The number of hydrogen-bond acceptors (Lipinski definition) is 1. The first-order valence-electron chi connectivity index (χ1n) is 5.97. The van der Waals surface area contributed by atoms with Gasteiger partial charge in [-0.3, -0.25) is 0 Å². The van der Waals surface area contributed by atoms with Gasteiger partial charge in [-0.1, -0.05) is 29.8 Å². The van der Waals surface area contributed by atoms with Crippen LogP contribution in [0.3, 0.4) is 0 Å². The summed E-state index contributed by atoms with van der Waals surface area (Å²) in [6, 6.07) is 12.8. The van der Waals surface area contributed by atoms with Crippen molar-refractivity contribution < 1.29 is 4.39 Å². The number of hydrogen-bond donors (Lipinski definition) is 1. The summed E-state index contributed by atoms with van der Waals surface area (Å²) in [6.45, 7) is 0. The van der Waals surface area contributed by atoms with E-state index in [1.807, 2.05) is 37.4 Å². The van der Waals surface area contributed by atoms with Crippen LogP contribution >= 0.6 is 34.2 Å². The molecule has 0 fully saturated rings. The van der Waals surface area contributed by atoms with Crippen molar-refractivity contribution >= 4 is 34.2 Å². The highest BCUT2D eigenvalue weighted by Gasteiger charge is 2.14. The van der Waals surface area contributed by atoms with Crippen LogP contribution < -0.4 is 5.32 Å². The molecule has 1 N–H and O–H groups in total. The lowest BCUT2D eigenvalue weighted by atomic mass is 9.99. The third-order valence-electron chi connectivity index (χ3n) is 3.02. The van der Waals surface area contributed by atoms with Gasteiger partial charge in [-0.15, -0.1) is 0 Å². The van der Waals surface area contributed by atoms with Crippen molar-refractivity contribution in [3.63, 3.8) is 0 Å². The maximum Gasteiger partial charge on any atom is 0.124 e. The van der Waals surface area contributed by atoms with E-state index in [0.29, 0.717) is 0 Å². The highest BCUT2D eigenvalue weighted by Crippen LogP contribution is 2.25. The van der Waals surface area contributed by atoms with Gasteiger partial charge in [0.25, 0.3) is 0 Å². The summed E-state index contributed by atoms with van der Waals surface area (Å²) in [5.41, 5.74) is 2.26. The predicted molar refractivity (Wildman–Crippen MR) is 86.1 cm³/mol. The van der Waals surface area contributed by atoms with Crippen molar-refractivity contribution in [2.45, 2.75) is 12.5 Å². The molecule has 0 heterocycles. The largest absolute Gasteiger partial charge is 0.313 e. The summed E-state index contributed by atoms with van der Waals surface area (Å²) in [7, 11) is 1.91. The zero-order valence-electron chi connectivity index (χ0n) is 10.5. The van der Waals surface area contributed by atoms with Gasteiger partial charge in [-0.05, 0) is 71.5 Å². The van der Waals surface area contributed by atoms with Gasteiger partial charge in [-0.2, -0.15) is 0 Å². The van der Waals surface area contributed by atoms with Crippen LogP contribution in [0.5, 0.6) is 0 Å². The second-order valence-corrected chi connectivity index (χ2v) is 5.94. The lowest BCUT2D eigenvalue weighted by Crippen LogP contribution is -2.20. The fourth-order valence-electron chi connectivity index (χ4n) is 2.05. The van der Waals surface area contributed by atoms with Crippen LogP contribution in [0.2, 0.25) is 5.02 Å². The van der Waals surface area contributed by atoms with Gasteiger partial charge in [0.15, 0.2) is 0 Å². The smallest absolute Gasteiger partial charge is 0.124 e. The molecule has 0 saturated heterocycles. The summed E-state index contributed by atoms with van der Waals surface area (Å²) in [6.07, 6.45) is 0.818. The standard InChI is InChI=1S/C15H14ClFIN/c1-19-15(8-10-3-2-4-11(16)7-10)13-6-5-12(17)9-14(13)18/h2-7,9,15,19H,8H2,1H3. The zero-order chi connectivity index (χ0) is 13.8. The summed E-state index contributed by atoms with van der Waals surface area (Å²) >= 11 is 8.17. The third-order valence-corrected chi connectivity index (χ3v) is 4.18. The van der Waals surface area contributed by atoms with E-state index in [0.717, 1.165) is 26.1 Å². The van der Waals surface area contributed by atoms with E-state index in [1.54, 1.807) is 6.07 Å². The Morgan fingerprint density at radius 2 is 2.05 bits per heavy atom. The molecule has 19 heavy (non-hydrogen) atoms. The van der Waals surface area contributed by atoms with Gasteiger partial charge >= 0.3 is 0 Å². The van der Waals surface area contributed by atoms with Gasteiger partial charge < -0.3 is 5.32 Å². The van der Waals surface area contributed by atoms with E-state index in [9.17, 15) is 4.39 Å². The van der Waals surface area contributed by atoms with Crippen LogP contribution in [0.4, 0.5) is 4.39 Å². The molecule has 100 valence electrons. The maximum atomic E-state index is 13.2. The molecule has 0 saturated carbocycles. The Morgan fingerprint density at radius 1 is 1.26 bits per heavy atom. The molecule has 0 aromatic heterocycles. The SMILES string of the molecule is CNC(Cc1cccc(Cl)c1)c1ccc(F)cc1I. The molecule has 0 amide bonds. The fourth-order valence-corrected chi connectivity index (χ4v) is 3.12. The normalized spacial score (nSPS) is 12.4. The van der Waals surface area contributed by atoms with E-state index in [2.05, 4.69) is 27.9 Å². The number of rotatable bonds is 4. The van der Waals surface area contributed by atoms with E-state index in [1.165, 1.54) is 6.07 Å². The van der Waals surface area contributed by atoms with E-state index in [-0.39, 0.29) is 11.9 Å². The number of benzene rings is 2. The Bertz CT molecular complexity index is 574. The zero-order valence-corrected chi connectivity index (χ0v) is 13.4. The van der Waals surface area contributed by atoms with Crippen molar-refractivity contribution in [2.75, 3.05) is 7.05 Å². The molecule has 1 unspecified atom stereocenters. The first-order chi connectivity index (χ1) is 9.10. The minimum Gasteiger partial charge on any atom is -0.313 e. The van der Waals surface area contributed by atoms with Crippen molar-refractivity contribution in [2.24, 2.45) is 0 Å². The van der Waals surface area contributed by atoms with Crippen LogP contribution in [0.1, 0.15) is 17.2 Å². The first-order valence-corrected chi connectivity index (χ1v) is 7.42. The molecular formula is C15H14ClFIN. The minimum absolute atomic E-state index is 0.144. The summed E-state index contributed by atoms with van der Waals surface area (Å²) < 4.78 is 14.1. The summed E-state index contributed by atoms with van der Waals surface area (Å²) in [5.74, 6) is -0.203. The molecule has 2 aromatic carbocycles. The first kappa shape index (κ1) is 14.8. The molecule has 1 atom stereocenters. The second kappa shape index (κ2) is 6.68. The van der Waals surface area contributed by atoms with Gasteiger partial charge in [0, 0.05) is 14.6 Å². The summed E-state index contributed by atoms with van der Waals surface area (Å²) in [5, 5.41) is 4.01. The average molecular weight is 390 g/mol. The molecule has 1 nitrogen and oxygen atoms in total. The lowest BCUT2D eigenvalue weighted by molar-refractivity contribution is 0.582. The molecule has 0 bridgehead atoms. The molecule has 0 spiro atoms. The number of nitrogens with one attached hydrogen (secondary N) is 1. The number of halogens is 3. The Balaban J connectivity index is 2.25. The maximum absolute atomic E-state index is 13.2. The highest BCUT2D eigenvalue weighted by atomic mass is 127. The Hall–Kier alpha value is -0.650. The highest BCUT2D eigenvalue weighted by molar-refractivity contribution is 14.1. The van der Waals surface area contributed by atoms with Crippen LogP contribution in [0.25, 0.3) is 0 Å². The van der Waals surface area contributed by atoms with Gasteiger partial charge in [0.2, 0.25) is 0 Å². The topological polar surface area (TPSA) is 12.0 Å². The summed E-state index contributed by atoms with van der Waals surface area (Å²) in [4.78, 5) is 0. The van der Waals surface area contributed by atoms with Crippen LogP contribution in [0.15, 0.2) is 42.5 Å². The van der Waals surface area contributed by atoms with Crippen molar-refractivity contribution in [1.82, 2.24) is 5.32 Å². The fraction of sp³-hybridized carbons (Fsp3) is 0.200. The van der Waals surface area contributed by atoms with Crippen molar-refractivity contribution in [1.29, 1.82) is 0 Å². The third kappa shape index (κ3) is 3.91. The van der Waals surface area contributed by atoms with Crippen LogP contribution in [0, 0.1) is 9.39 Å². The predicted octanol–water partition coefficient (Wildman–Crippen LogP) is 4.59. The second-order valence-electron chi connectivity index (χ2n) is 4.34. The average Bonchev–Trinajstić information content (AvgIpc) is 2.37. The van der Waals surface area contributed by atoms with Crippen LogP contribution in [-0.4, -0.2) is 7.05 Å². The number of likely N-dealkylation sites (N-methyl/N-ethyl adjacent to an activating group) is 1. The van der Waals surface area contributed by atoms with Crippen molar-refractivity contribution in [3.8, 4) is 0 Å². The Kier molecular flexibility index (Phi) is 5.19. The van der Waals surface area contributed by atoms with E-state index < -0.39 is 0 Å². The van der Waals surface area contributed by atoms with Crippen molar-refractivity contribution in [3.05, 3.63) is 68.0 Å². The van der Waals surface area contributed by atoms with E-state index >= 15 is 0 Å². The van der Waals surface area contributed by atoms with Gasteiger partial charge in [0.1, 0.15) is 5.82 Å². The quantitative estimate of drug-likeness (QED) is 0.754. The van der Waals surface area contributed by atoms with Gasteiger partial charge in [0.05, 0.1) is 0 Å². The molecular weight excluding hydrogens is 376 g/mol. The molecule has 2 aromatic rings. The molecule has 2 rings (SSSR count). The Labute approximate surface area is 131 Å².